The summed E-state index contributed by atoms with van der Waals surface area (Å²) in [4.78, 5) is 0. The zero-order valence-electron chi connectivity index (χ0n) is 14.8. The van der Waals surface area contributed by atoms with Crippen LogP contribution in [0.25, 0.3) is 11.5 Å². The zero-order valence-corrected chi connectivity index (χ0v) is 15.6. The van der Waals surface area contributed by atoms with Crippen molar-refractivity contribution < 1.29 is 8.81 Å². The molecule has 4 rings (SSSR count). The standard InChI is InChI=1S/C22H17ClFN3O/c23-19-9-5-4-8-17(19)14-25-20(15-10-12-18(24)13-11-15)22-27-26-21(28-22)16-6-2-1-3-7-16/h1-13,20,25H,14H2. The van der Waals surface area contributed by atoms with E-state index in [-0.39, 0.29) is 5.82 Å². The SMILES string of the molecule is Fc1ccc(C(NCc2ccccc2Cl)c2nnc(-c3ccccc3)o2)cc1. The lowest BCUT2D eigenvalue weighted by molar-refractivity contribution is 0.437. The van der Waals surface area contributed by atoms with Gasteiger partial charge in [-0.3, -0.25) is 5.32 Å². The van der Waals surface area contributed by atoms with Gasteiger partial charge in [0.05, 0.1) is 0 Å². The Morgan fingerprint density at radius 2 is 1.61 bits per heavy atom. The highest BCUT2D eigenvalue weighted by Gasteiger charge is 2.21. The largest absolute Gasteiger partial charge is 0.419 e. The van der Waals surface area contributed by atoms with Gasteiger partial charge in [0, 0.05) is 17.1 Å². The molecule has 140 valence electrons. The average Bonchev–Trinajstić information content (AvgIpc) is 3.21. The van der Waals surface area contributed by atoms with E-state index in [2.05, 4.69) is 15.5 Å². The molecule has 1 unspecified atom stereocenters. The third-order valence-corrected chi connectivity index (χ3v) is 4.73. The van der Waals surface area contributed by atoms with Crippen LogP contribution in [-0.2, 0) is 6.54 Å². The number of benzene rings is 3. The minimum atomic E-state index is -0.401. The number of halogens is 2. The minimum Gasteiger partial charge on any atom is -0.419 e. The lowest BCUT2D eigenvalue weighted by Gasteiger charge is -2.16. The Bertz CT molecular complexity index is 1050. The number of hydrogen-bond donors (Lipinski definition) is 1. The maximum Gasteiger partial charge on any atom is 0.247 e. The summed E-state index contributed by atoms with van der Waals surface area (Å²) in [5.41, 5.74) is 2.60. The fourth-order valence-electron chi connectivity index (χ4n) is 2.91. The van der Waals surface area contributed by atoms with Gasteiger partial charge in [0.15, 0.2) is 0 Å². The van der Waals surface area contributed by atoms with Crippen LogP contribution in [0.2, 0.25) is 5.02 Å². The molecule has 0 saturated carbocycles. The Morgan fingerprint density at radius 3 is 2.36 bits per heavy atom. The molecular formula is C22H17ClFN3O. The Kier molecular flexibility index (Phi) is 5.46. The number of nitrogens with zero attached hydrogens (tertiary/aromatic N) is 2. The molecule has 0 saturated heterocycles. The van der Waals surface area contributed by atoms with Crippen LogP contribution in [0.1, 0.15) is 23.1 Å². The van der Waals surface area contributed by atoms with Crippen LogP contribution in [-0.4, -0.2) is 10.2 Å². The number of aromatic nitrogens is 2. The number of rotatable bonds is 6. The van der Waals surface area contributed by atoms with Gasteiger partial charge in [0.2, 0.25) is 11.8 Å². The lowest BCUT2D eigenvalue weighted by Crippen LogP contribution is -2.22. The Labute approximate surface area is 167 Å². The first-order chi connectivity index (χ1) is 13.7. The van der Waals surface area contributed by atoms with E-state index in [1.165, 1.54) is 12.1 Å². The highest BCUT2D eigenvalue weighted by molar-refractivity contribution is 6.31. The first-order valence-corrected chi connectivity index (χ1v) is 9.19. The molecule has 0 amide bonds. The summed E-state index contributed by atoms with van der Waals surface area (Å²) in [6, 6.07) is 23.0. The zero-order chi connectivity index (χ0) is 19.3. The van der Waals surface area contributed by atoms with E-state index in [1.54, 1.807) is 12.1 Å². The van der Waals surface area contributed by atoms with Crippen molar-refractivity contribution in [3.8, 4) is 11.5 Å². The van der Waals surface area contributed by atoms with Gasteiger partial charge in [0.1, 0.15) is 11.9 Å². The Hall–Kier alpha value is -3.02. The fraction of sp³-hybridized carbons (Fsp3) is 0.0909. The average molecular weight is 394 g/mol. The van der Waals surface area contributed by atoms with Gasteiger partial charge >= 0.3 is 0 Å². The molecule has 28 heavy (non-hydrogen) atoms. The van der Waals surface area contributed by atoms with E-state index in [9.17, 15) is 4.39 Å². The van der Waals surface area contributed by atoms with Crippen molar-refractivity contribution in [3.63, 3.8) is 0 Å². The maximum absolute atomic E-state index is 13.4. The fourth-order valence-corrected chi connectivity index (χ4v) is 3.11. The predicted octanol–water partition coefficient (Wildman–Crippen LogP) is 5.41. The van der Waals surface area contributed by atoms with Crippen LogP contribution < -0.4 is 5.32 Å². The molecule has 6 heteroatoms. The molecule has 1 heterocycles. The van der Waals surface area contributed by atoms with E-state index >= 15 is 0 Å². The molecule has 4 nitrogen and oxygen atoms in total. The third kappa shape index (κ3) is 4.11. The van der Waals surface area contributed by atoms with Crippen LogP contribution in [0.5, 0.6) is 0 Å². The highest BCUT2D eigenvalue weighted by atomic mass is 35.5. The van der Waals surface area contributed by atoms with E-state index in [0.29, 0.717) is 23.3 Å². The van der Waals surface area contributed by atoms with E-state index in [0.717, 1.165) is 16.7 Å². The molecule has 0 spiro atoms. The molecule has 1 atom stereocenters. The van der Waals surface area contributed by atoms with Gasteiger partial charge in [-0.05, 0) is 41.5 Å². The molecule has 0 fully saturated rings. The molecule has 0 aliphatic rings. The second-order valence-corrected chi connectivity index (χ2v) is 6.68. The van der Waals surface area contributed by atoms with Crippen LogP contribution in [0.3, 0.4) is 0 Å². The van der Waals surface area contributed by atoms with Crippen molar-refractivity contribution in [1.29, 1.82) is 0 Å². The van der Waals surface area contributed by atoms with Crippen molar-refractivity contribution in [1.82, 2.24) is 15.5 Å². The van der Waals surface area contributed by atoms with E-state index in [1.807, 2.05) is 54.6 Å². The molecule has 3 aromatic carbocycles. The summed E-state index contributed by atoms with van der Waals surface area (Å²) in [5.74, 6) is 0.531. The van der Waals surface area contributed by atoms with Gasteiger partial charge < -0.3 is 4.42 Å². The van der Waals surface area contributed by atoms with Crippen molar-refractivity contribution in [3.05, 3.63) is 107 Å². The molecule has 0 bridgehead atoms. The molecular weight excluding hydrogens is 377 g/mol. The highest BCUT2D eigenvalue weighted by Crippen LogP contribution is 2.26. The molecule has 4 aromatic rings. The number of nitrogens with one attached hydrogen (secondary N) is 1. The summed E-state index contributed by atoms with van der Waals surface area (Å²) in [5, 5.41) is 12.4. The van der Waals surface area contributed by atoms with Crippen molar-refractivity contribution in [2.24, 2.45) is 0 Å². The van der Waals surface area contributed by atoms with Gasteiger partial charge in [0.25, 0.3) is 0 Å². The second kappa shape index (κ2) is 8.33. The molecule has 0 aliphatic carbocycles. The topological polar surface area (TPSA) is 51.0 Å². The first kappa shape index (κ1) is 18.3. The maximum atomic E-state index is 13.4. The van der Waals surface area contributed by atoms with Crippen LogP contribution >= 0.6 is 11.6 Å². The van der Waals surface area contributed by atoms with Crippen LogP contribution in [0, 0.1) is 5.82 Å². The van der Waals surface area contributed by atoms with Crippen molar-refractivity contribution in [2.45, 2.75) is 12.6 Å². The first-order valence-electron chi connectivity index (χ1n) is 8.82. The lowest BCUT2D eigenvalue weighted by atomic mass is 10.1. The summed E-state index contributed by atoms with van der Waals surface area (Å²) in [6.45, 7) is 0.491. The quantitative estimate of drug-likeness (QED) is 0.476. The van der Waals surface area contributed by atoms with Gasteiger partial charge in [-0.25, -0.2) is 4.39 Å². The summed E-state index contributed by atoms with van der Waals surface area (Å²) in [6.07, 6.45) is 0. The van der Waals surface area contributed by atoms with Gasteiger partial charge in [-0.2, -0.15) is 0 Å². The van der Waals surface area contributed by atoms with Crippen molar-refractivity contribution in [2.75, 3.05) is 0 Å². The third-order valence-electron chi connectivity index (χ3n) is 4.37. The van der Waals surface area contributed by atoms with Crippen LogP contribution in [0.4, 0.5) is 4.39 Å². The smallest absolute Gasteiger partial charge is 0.247 e. The monoisotopic (exact) mass is 393 g/mol. The van der Waals surface area contributed by atoms with E-state index < -0.39 is 6.04 Å². The molecule has 1 N–H and O–H groups in total. The normalized spacial score (nSPS) is 12.1. The Balaban J connectivity index is 1.64. The summed E-state index contributed by atoms with van der Waals surface area (Å²) >= 11 is 6.26. The van der Waals surface area contributed by atoms with Crippen LogP contribution in [0.15, 0.2) is 83.3 Å². The van der Waals surface area contributed by atoms with E-state index in [4.69, 9.17) is 16.0 Å². The second-order valence-electron chi connectivity index (χ2n) is 6.27. The predicted molar refractivity (Wildman–Crippen MR) is 106 cm³/mol. The molecule has 1 aromatic heterocycles. The van der Waals surface area contributed by atoms with Crippen molar-refractivity contribution >= 4 is 11.6 Å². The summed E-state index contributed by atoms with van der Waals surface area (Å²) < 4.78 is 19.3. The molecule has 0 aliphatic heterocycles. The minimum absolute atomic E-state index is 0.302. The molecule has 0 radical (unpaired) electrons. The summed E-state index contributed by atoms with van der Waals surface area (Å²) in [7, 11) is 0. The van der Waals surface area contributed by atoms with Gasteiger partial charge in [-0.15, -0.1) is 10.2 Å². The number of hydrogen-bond acceptors (Lipinski definition) is 4. The van der Waals surface area contributed by atoms with Gasteiger partial charge in [-0.1, -0.05) is 60.1 Å². The Morgan fingerprint density at radius 1 is 0.893 bits per heavy atom.